The lowest BCUT2D eigenvalue weighted by Gasteiger charge is -2.10. The van der Waals surface area contributed by atoms with Crippen molar-refractivity contribution in [2.75, 3.05) is 12.8 Å². The predicted octanol–water partition coefficient (Wildman–Crippen LogP) is 2.58. The Morgan fingerprint density at radius 1 is 1.08 bits per heavy atom. The molecule has 4 N–H and O–H groups in total. The van der Waals surface area contributed by atoms with E-state index in [0.717, 1.165) is 5.56 Å². The molecule has 2 rings (SSSR count). The van der Waals surface area contributed by atoms with Crippen molar-refractivity contribution in [1.29, 1.82) is 0 Å². The third-order valence-corrected chi connectivity index (χ3v) is 4.08. The second-order valence-corrected chi connectivity index (χ2v) is 6.02. The van der Waals surface area contributed by atoms with Gasteiger partial charge in [-0.2, -0.15) is 0 Å². The molecule has 0 aliphatic heterocycles. The first-order valence-corrected chi connectivity index (χ1v) is 8.47. The number of ketones is 1. The van der Waals surface area contributed by atoms with Crippen LogP contribution in [0.1, 0.15) is 30.4 Å². The number of carbonyl (C=O) groups excluding carboxylic acids is 2. The van der Waals surface area contributed by atoms with Crippen molar-refractivity contribution < 1.29 is 19.4 Å². The number of phenols is 1. The lowest BCUT2D eigenvalue weighted by molar-refractivity contribution is -0.125. The monoisotopic (exact) mass is 356 g/mol. The molecule has 0 heterocycles. The highest BCUT2D eigenvalue weighted by Gasteiger charge is 2.10. The smallest absolute Gasteiger partial charge is 0.220 e. The standard InChI is InChI=1S/C20H24N2O4/c1-26-18-4-2-3-15(20(18)25)13-22-19(24)12-11-17(23)10-7-14-5-8-16(21)9-6-14/h2-6,8-9,25H,7,10-13,21H2,1H3,(H,22,24). The first-order valence-electron chi connectivity index (χ1n) is 8.47. The molecule has 0 atom stereocenters. The van der Waals surface area contributed by atoms with E-state index >= 15 is 0 Å². The number of anilines is 1. The summed E-state index contributed by atoms with van der Waals surface area (Å²) in [5.74, 6) is 0.179. The fraction of sp³-hybridized carbons (Fsp3) is 0.300. The molecule has 0 bridgehead atoms. The fourth-order valence-corrected chi connectivity index (χ4v) is 2.50. The summed E-state index contributed by atoms with van der Waals surface area (Å²) >= 11 is 0. The minimum atomic E-state index is -0.229. The van der Waals surface area contributed by atoms with Crippen molar-refractivity contribution in [2.45, 2.75) is 32.2 Å². The van der Waals surface area contributed by atoms with Crippen LogP contribution in [-0.4, -0.2) is 23.9 Å². The van der Waals surface area contributed by atoms with E-state index in [0.29, 0.717) is 29.8 Å². The van der Waals surface area contributed by atoms with Crippen LogP contribution in [0, 0.1) is 0 Å². The van der Waals surface area contributed by atoms with Crippen LogP contribution < -0.4 is 15.8 Å². The molecule has 1 amide bonds. The number of amides is 1. The van der Waals surface area contributed by atoms with Crippen LogP contribution in [0.3, 0.4) is 0 Å². The summed E-state index contributed by atoms with van der Waals surface area (Å²) in [6.45, 7) is 0.182. The van der Waals surface area contributed by atoms with Gasteiger partial charge in [-0.05, 0) is 30.2 Å². The second-order valence-electron chi connectivity index (χ2n) is 6.02. The minimum absolute atomic E-state index is 0.00914. The molecule has 0 aromatic heterocycles. The average molecular weight is 356 g/mol. The van der Waals surface area contributed by atoms with Crippen molar-refractivity contribution >= 4 is 17.4 Å². The SMILES string of the molecule is COc1cccc(CNC(=O)CCC(=O)CCc2ccc(N)cc2)c1O. The summed E-state index contributed by atoms with van der Waals surface area (Å²) < 4.78 is 5.03. The van der Waals surface area contributed by atoms with Gasteiger partial charge in [0.1, 0.15) is 5.78 Å². The number of nitrogens with one attached hydrogen (secondary N) is 1. The topological polar surface area (TPSA) is 102 Å². The second kappa shape index (κ2) is 9.46. The van der Waals surface area contributed by atoms with Gasteiger partial charge >= 0.3 is 0 Å². The summed E-state index contributed by atoms with van der Waals surface area (Å²) in [4.78, 5) is 23.8. The molecular weight excluding hydrogens is 332 g/mol. The predicted molar refractivity (Wildman–Crippen MR) is 99.9 cm³/mol. The number of nitrogen functional groups attached to an aromatic ring is 1. The quantitative estimate of drug-likeness (QED) is 0.600. The largest absolute Gasteiger partial charge is 0.504 e. The molecule has 2 aromatic rings. The Labute approximate surface area is 153 Å². The van der Waals surface area contributed by atoms with Crippen molar-refractivity contribution in [3.05, 3.63) is 53.6 Å². The van der Waals surface area contributed by atoms with Crippen LogP contribution in [0.15, 0.2) is 42.5 Å². The van der Waals surface area contributed by atoms with Gasteiger partial charge in [0, 0.05) is 37.1 Å². The molecule has 0 saturated heterocycles. The van der Waals surface area contributed by atoms with Gasteiger partial charge in [-0.1, -0.05) is 24.3 Å². The zero-order chi connectivity index (χ0) is 18.9. The normalized spacial score (nSPS) is 10.3. The number of para-hydroxylation sites is 1. The molecule has 0 fully saturated rings. The minimum Gasteiger partial charge on any atom is -0.504 e. The van der Waals surface area contributed by atoms with Crippen LogP contribution in [0.5, 0.6) is 11.5 Å². The average Bonchev–Trinajstić information content (AvgIpc) is 2.65. The summed E-state index contributed by atoms with van der Waals surface area (Å²) in [6.07, 6.45) is 1.36. The Kier molecular flexibility index (Phi) is 7.02. The first-order chi connectivity index (χ1) is 12.5. The number of methoxy groups -OCH3 is 1. The molecule has 0 spiro atoms. The van der Waals surface area contributed by atoms with Gasteiger partial charge < -0.3 is 20.9 Å². The highest BCUT2D eigenvalue weighted by atomic mass is 16.5. The Hall–Kier alpha value is -3.02. The van der Waals surface area contributed by atoms with Gasteiger partial charge in [-0.3, -0.25) is 9.59 Å². The summed E-state index contributed by atoms with van der Waals surface area (Å²) in [7, 11) is 1.47. The van der Waals surface area contributed by atoms with Crippen LogP contribution in [0.4, 0.5) is 5.69 Å². The summed E-state index contributed by atoms with van der Waals surface area (Å²) in [6, 6.07) is 12.5. The van der Waals surface area contributed by atoms with Gasteiger partial charge in [-0.15, -0.1) is 0 Å². The van der Waals surface area contributed by atoms with Crippen LogP contribution >= 0.6 is 0 Å². The van der Waals surface area contributed by atoms with Gasteiger partial charge in [0.25, 0.3) is 0 Å². The fourth-order valence-electron chi connectivity index (χ4n) is 2.50. The molecular formula is C20H24N2O4. The highest BCUT2D eigenvalue weighted by Crippen LogP contribution is 2.29. The molecule has 0 aliphatic rings. The number of carbonyl (C=O) groups is 2. The number of rotatable bonds is 9. The number of aromatic hydroxyl groups is 1. The number of aryl methyl sites for hydroxylation is 1. The molecule has 0 saturated carbocycles. The van der Waals surface area contributed by atoms with Crippen molar-refractivity contribution in [3.63, 3.8) is 0 Å². The Morgan fingerprint density at radius 3 is 2.50 bits per heavy atom. The molecule has 138 valence electrons. The van der Waals surface area contributed by atoms with E-state index in [1.807, 2.05) is 12.1 Å². The third kappa shape index (κ3) is 5.81. The van der Waals surface area contributed by atoms with Crippen LogP contribution in [0.2, 0.25) is 0 Å². The van der Waals surface area contributed by atoms with E-state index in [9.17, 15) is 14.7 Å². The zero-order valence-electron chi connectivity index (χ0n) is 14.8. The van der Waals surface area contributed by atoms with Gasteiger partial charge in [0.15, 0.2) is 11.5 Å². The van der Waals surface area contributed by atoms with Crippen molar-refractivity contribution in [2.24, 2.45) is 0 Å². The first kappa shape index (κ1) is 19.3. The maximum atomic E-state index is 11.9. The van der Waals surface area contributed by atoms with E-state index in [1.165, 1.54) is 7.11 Å². The number of hydrogen-bond donors (Lipinski definition) is 3. The molecule has 0 aliphatic carbocycles. The molecule has 0 unspecified atom stereocenters. The Bertz CT molecular complexity index is 757. The Balaban J connectivity index is 1.71. The molecule has 6 heteroatoms. The van der Waals surface area contributed by atoms with Crippen molar-refractivity contribution in [1.82, 2.24) is 5.32 Å². The lowest BCUT2D eigenvalue weighted by atomic mass is 10.0. The summed E-state index contributed by atoms with van der Waals surface area (Å²) in [5, 5.41) is 12.7. The molecule has 0 radical (unpaired) electrons. The third-order valence-electron chi connectivity index (χ3n) is 4.08. The van der Waals surface area contributed by atoms with Crippen molar-refractivity contribution in [3.8, 4) is 11.5 Å². The van der Waals surface area contributed by atoms with E-state index in [1.54, 1.807) is 30.3 Å². The lowest BCUT2D eigenvalue weighted by Crippen LogP contribution is -2.23. The summed E-state index contributed by atoms with van der Waals surface area (Å²) in [5.41, 5.74) is 7.93. The van der Waals surface area contributed by atoms with E-state index < -0.39 is 0 Å². The number of Topliss-reactive ketones (excluding diaryl/α,β-unsaturated/α-hetero) is 1. The van der Waals surface area contributed by atoms with Gasteiger partial charge in [0.2, 0.25) is 5.91 Å². The van der Waals surface area contributed by atoms with Gasteiger partial charge in [-0.25, -0.2) is 0 Å². The maximum Gasteiger partial charge on any atom is 0.220 e. The number of ether oxygens (including phenoxy) is 1. The maximum absolute atomic E-state index is 11.9. The Morgan fingerprint density at radius 2 is 1.81 bits per heavy atom. The molecule has 2 aromatic carbocycles. The van der Waals surface area contributed by atoms with Crippen LogP contribution in [-0.2, 0) is 22.6 Å². The number of benzene rings is 2. The number of phenolic OH excluding ortho intramolecular Hbond substituents is 1. The zero-order valence-corrected chi connectivity index (χ0v) is 14.8. The number of hydrogen-bond acceptors (Lipinski definition) is 5. The van der Waals surface area contributed by atoms with E-state index in [2.05, 4.69) is 5.32 Å². The van der Waals surface area contributed by atoms with E-state index in [-0.39, 0.29) is 36.8 Å². The van der Waals surface area contributed by atoms with E-state index in [4.69, 9.17) is 10.5 Å². The molecule has 26 heavy (non-hydrogen) atoms. The van der Waals surface area contributed by atoms with Crippen LogP contribution in [0.25, 0.3) is 0 Å². The highest BCUT2D eigenvalue weighted by molar-refractivity contribution is 5.85. The number of nitrogens with two attached hydrogens (primary N) is 1. The van der Waals surface area contributed by atoms with Gasteiger partial charge in [0.05, 0.1) is 7.11 Å². The molecule has 6 nitrogen and oxygen atoms in total.